The van der Waals surface area contributed by atoms with Crippen molar-refractivity contribution < 1.29 is 68.4 Å². The lowest BCUT2D eigenvalue weighted by Gasteiger charge is -2.28. The Labute approximate surface area is 392 Å². The molecular weight excluding hydrogens is 903 g/mol. The first-order valence-corrected chi connectivity index (χ1v) is 21.7. The van der Waals surface area contributed by atoms with Crippen LogP contribution in [0.5, 0.6) is 0 Å². The zero-order valence-corrected chi connectivity index (χ0v) is 38.9. The van der Waals surface area contributed by atoms with Gasteiger partial charge < -0.3 is 92.0 Å². The number of carbonyl (C=O) groups excluding carboxylic acids is 8. The number of nitrogens with zero attached hydrogens (tertiary/aromatic N) is 2. The summed E-state index contributed by atoms with van der Waals surface area (Å²) >= 11 is 0. The van der Waals surface area contributed by atoms with Crippen LogP contribution in [0.3, 0.4) is 0 Å². The molecule has 29 nitrogen and oxygen atoms in total. The summed E-state index contributed by atoms with van der Waals surface area (Å²) in [7, 11) is 0. The molecule has 8 amide bonds. The number of hydrogen-bond acceptors (Lipinski definition) is 15. The van der Waals surface area contributed by atoms with E-state index in [0.29, 0.717) is 6.42 Å². The SMILES string of the molecule is CC(C)C[C@H](NC(=O)[C@H](CCC(N)=O)NC(=O)[C@@H](NC(=O)[C@H](CCC(=O)O)NC(=O)[C@H](CCCN=C(N)N)NC(=O)[C@H](C)NC(=O)[C@@H](NC(=O)[C@@H](N)CCCN=C(N)N)[C@@H](C)O)[C@@H](C)O)C(=O)O. The summed E-state index contributed by atoms with van der Waals surface area (Å²) in [5.74, 6) is -11.7. The van der Waals surface area contributed by atoms with Gasteiger partial charge in [-0.3, -0.25) is 53.1 Å². The molecule has 0 heterocycles. The number of carbonyl (C=O) groups is 10. The smallest absolute Gasteiger partial charge is 0.326 e. The van der Waals surface area contributed by atoms with Crippen LogP contribution in [-0.2, 0) is 47.9 Å². The molecule has 68 heavy (non-hydrogen) atoms. The number of guanidine groups is 2. The molecule has 0 spiro atoms. The van der Waals surface area contributed by atoms with Crippen molar-refractivity contribution >= 4 is 71.1 Å². The van der Waals surface area contributed by atoms with Crippen LogP contribution in [0, 0.1) is 5.92 Å². The molecule has 0 saturated heterocycles. The Morgan fingerprint density at radius 3 is 1.32 bits per heavy atom. The molecule has 0 aliphatic heterocycles. The Morgan fingerprint density at radius 1 is 0.485 bits per heavy atom. The molecule has 0 aromatic rings. The monoisotopic (exact) mass is 974 g/mol. The zero-order chi connectivity index (χ0) is 52.4. The summed E-state index contributed by atoms with van der Waals surface area (Å²) in [5.41, 5.74) is 32.5. The van der Waals surface area contributed by atoms with Gasteiger partial charge in [0.2, 0.25) is 47.3 Å². The number of aliphatic carboxylic acids is 2. The Hall–Kier alpha value is -6.88. The molecular formula is C39H71N15O14. The summed E-state index contributed by atoms with van der Waals surface area (Å²) in [4.78, 5) is 136. The minimum Gasteiger partial charge on any atom is -0.481 e. The summed E-state index contributed by atoms with van der Waals surface area (Å²) in [5, 5.41) is 56.1. The number of carboxylic acids is 2. The first kappa shape index (κ1) is 61.1. The fraction of sp³-hybridized carbons (Fsp3) is 0.692. The quantitative estimate of drug-likeness (QED) is 0.0165. The second-order valence-corrected chi connectivity index (χ2v) is 16.3. The normalized spacial score (nSPS) is 15.4. The van der Waals surface area contributed by atoms with Crippen molar-refractivity contribution in [1.29, 1.82) is 0 Å². The highest BCUT2D eigenvalue weighted by atomic mass is 16.4. The van der Waals surface area contributed by atoms with Gasteiger partial charge in [-0.2, -0.15) is 0 Å². The van der Waals surface area contributed by atoms with Gasteiger partial charge in [-0.25, -0.2) is 4.79 Å². The molecule has 0 bridgehead atoms. The fourth-order valence-electron chi connectivity index (χ4n) is 6.00. The molecule has 29 heteroatoms. The van der Waals surface area contributed by atoms with Crippen molar-refractivity contribution in [2.45, 2.75) is 153 Å². The number of hydrogen-bond donors (Lipinski definition) is 17. The molecule has 23 N–H and O–H groups in total. The molecule has 0 saturated carbocycles. The molecule has 0 rings (SSSR count). The van der Waals surface area contributed by atoms with E-state index in [1.54, 1.807) is 13.8 Å². The highest BCUT2D eigenvalue weighted by Crippen LogP contribution is 2.10. The Balaban J connectivity index is 6.42. The van der Waals surface area contributed by atoms with Crippen LogP contribution in [0.25, 0.3) is 0 Å². The standard InChI is InChI=1S/C39H71N15O14/c1-17(2)16-25(37(67)68)52-33(63)23(10-12-26(41)57)51-36(66)29(20(5)56)54-34(64)24(11-13-27(58)59)50-32(62)22(9-7-15-47-39(44)45)49-30(60)18(3)48-35(65)28(19(4)55)53-31(61)21(40)8-6-14-46-38(42)43/h17-25,28-29,55-56H,6-16,40H2,1-5H3,(H2,41,57)(H,48,65)(H,49,60)(H,50,62)(H,51,66)(H,52,63)(H,53,61)(H,54,64)(H,58,59)(H,67,68)(H4,42,43,46)(H4,44,45,47)/t18-,19+,20+,21-,22-,23-,24-,25-,28-,29-/m0/s1. The predicted molar refractivity (Wildman–Crippen MR) is 243 cm³/mol. The maximum atomic E-state index is 13.8. The molecule has 0 radical (unpaired) electrons. The lowest BCUT2D eigenvalue weighted by molar-refractivity contribution is -0.143. The van der Waals surface area contributed by atoms with E-state index in [9.17, 15) is 68.4 Å². The van der Waals surface area contributed by atoms with E-state index in [4.69, 9.17) is 34.4 Å². The summed E-state index contributed by atoms with van der Waals surface area (Å²) in [6, 6.07) is -12.4. The van der Waals surface area contributed by atoms with Crippen molar-refractivity contribution in [2.75, 3.05) is 13.1 Å². The zero-order valence-electron chi connectivity index (χ0n) is 38.9. The second-order valence-electron chi connectivity index (χ2n) is 16.3. The van der Waals surface area contributed by atoms with Gasteiger partial charge in [0.15, 0.2) is 11.9 Å². The summed E-state index contributed by atoms with van der Waals surface area (Å²) < 4.78 is 0. The van der Waals surface area contributed by atoms with E-state index < -0.39 is 145 Å². The average Bonchev–Trinajstić information content (AvgIpc) is 3.22. The number of aliphatic imine (C=N–C) groups is 2. The van der Waals surface area contributed by atoms with Crippen LogP contribution >= 0.6 is 0 Å². The van der Waals surface area contributed by atoms with Crippen LogP contribution < -0.4 is 71.6 Å². The van der Waals surface area contributed by atoms with E-state index in [0.717, 1.165) is 6.92 Å². The maximum Gasteiger partial charge on any atom is 0.326 e. The van der Waals surface area contributed by atoms with Crippen molar-refractivity contribution in [3.05, 3.63) is 0 Å². The highest BCUT2D eigenvalue weighted by Gasteiger charge is 2.36. The number of aliphatic hydroxyl groups excluding tert-OH is 2. The van der Waals surface area contributed by atoms with Gasteiger partial charge in [-0.05, 0) is 71.6 Å². The van der Waals surface area contributed by atoms with Crippen LogP contribution in [0.15, 0.2) is 9.98 Å². The third-order valence-electron chi connectivity index (χ3n) is 9.67. The van der Waals surface area contributed by atoms with Crippen molar-refractivity contribution in [1.82, 2.24) is 37.2 Å². The van der Waals surface area contributed by atoms with Gasteiger partial charge >= 0.3 is 11.9 Å². The molecule has 0 aliphatic carbocycles. The van der Waals surface area contributed by atoms with E-state index in [1.165, 1.54) is 13.8 Å². The number of aliphatic hydroxyl groups is 2. The van der Waals surface area contributed by atoms with Crippen LogP contribution in [0.1, 0.15) is 92.4 Å². The Bertz CT molecular complexity index is 1810. The maximum absolute atomic E-state index is 13.8. The minimum atomic E-state index is -1.90. The van der Waals surface area contributed by atoms with Crippen molar-refractivity contribution in [2.24, 2.45) is 50.3 Å². The van der Waals surface area contributed by atoms with Gasteiger partial charge in [0.1, 0.15) is 42.3 Å². The van der Waals surface area contributed by atoms with Crippen LogP contribution in [0.4, 0.5) is 0 Å². The van der Waals surface area contributed by atoms with Crippen LogP contribution in [-0.4, -0.2) is 165 Å². The number of rotatable bonds is 33. The molecule has 0 unspecified atom stereocenters. The molecule has 0 aliphatic rings. The summed E-state index contributed by atoms with van der Waals surface area (Å²) in [6.45, 7) is 7.00. The first-order valence-electron chi connectivity index (χ1n) is 21.7. The van der Waals surface area contributed by atoms with Gasteiger partial charge in [0.25, 0.3) is 0 Å². The number of nitrogens with one attached hydrogen (secondary N) is 7. The van der Waals surface area contributed by atoms with E-state index >= 15 is 0 Å². The lowest BCUT2D eigenvalue weighted by Crippen LogP contribution is -2.61. The fourth-order valence-corrected chi connectivity index (χ4v) is 6.00. The third kappa shape index (κ3) is 25.1. The van der Waals surface area contributed by atoms with Crippen molar-refractivity contribution in [3.8, 4) is 0 Å². The van der Waals surface area contributed by atoms with Gasteiger partial charge in [0.05, 0.1) is 18.2 Å². The predicted octanol–water partition coefficient (Wildman–Crippen LogP) is -7.14. The molecule has 0 aromatic heterocycles. The number of primary amides is 1. The summed E-state index contributed by atoms with van der Waals surface area (Å²) in [6.07, 6.45) is -5.20. The Kier molecular flexibility index (Phi) is 28.0. The van der Waals surface area contributed by atoms with Gasteiger partial charge in [0, 0.05) is 25.9 Å². The largest absolute Gasteiger partial charge is 0.481 e. The molecule has 10 atom stereocenters. The van der Waals surface area contributed by atoms with Gasteiger partial charge in [-0.15, -0.1) is 0 Å². The first-order chi connectivity index (χ1) is 31.6. The van der Waals surface area contributed by atoms with E-state index in [1.807, 2.05) is 0 Å². The molecule has 386 valence electrons. The number of amides is 8. The minimum absolute atomic E-state index is 0.00328. The number of nitrogens with two attached hydrogens (primary N) is 6. The Morgan fingerprint density at radius 2 is 0.882 bits per heavy atom. The molecule has 0 fully saturated rings. The lowest BCUT2D eigenvalue weighted by atomic mass is 10.0. The molecule has 0 aromatic carbocycles. The number of carboxylic acid groups (broad SMARTS) is 2. The van der Waals surface area contributed by atoms with E-state index in [-0.39, 0.29) is 56.6 Å². The third-order valence-corrected chi connectivity index (χ3v) is 9.67. The van der Waals surface area contributed by atoms with E-state index in [2.05, 4.69) is 47.2 Å². The van der Waals surface area contributed by atoms with Gasteiger partial charge in [-0.1, -0.05) is 13.8 Å². The van der Waals surface area contributed by atoms with Crippen LogP contribution in [0.2, 0.25) is 0 Å². The topological polar surface area (TPSA) is 517 Å². The second kappa shape index (κ2) is 31.2. The average molecular weight is 974 g/mol. The highest BCUT2D eigenvalue weighted by molar-refractivity contribution is 5.98. The van der Waals surface area contributed by atoms with Crippen molar-refractivity contribution in [3.63, 3.8) is 0 Å².